The summed E-state index contributed by atoms with van der Waals surface area (Å²) in [6.45, 7) is 0. The van der Waals surface area contributed by atoms with Crippen LogP contribution in [0.15, 0.2) is 24.3 Å². The topological polar surface area (TPSA) is 80.0 Å². The van der Waals surface area contributed by atoms with Crippen LogP contribution < -0.4 is 24.7 Å². The molecule has 2 aromatic rings. The standard InChI is InChI=1S/C19H21NO5/c1-22-15-6-5-10(7-13(15)20)11-8-14(21)12-9-16(23-2)18(24-3)19(25-4)17(11)12/h5-7,9,11H,8,20H2,1-4H3. The number of hydrogen-bond donors (Lipinski definition) is 1. The van der Waals surface area contributed by atoms with Gasteiger partial charge < -0.3 is 24.7 Å². The van der Waals surface area contributed by atoms with Gasteiger partial charge in [0.25, 0.3) is 0 Å². The molecule has 1 aliphatic rings. The van der Waals surface area contributed by atoms with E-state index in [4.69, 9.17) is 24.7 Å². The Morgan fingerprint density at radius 2 is 1.60 bits per heavy atom. The van der Waals surface area contributed by atoms with Crippen LogP contribution in [0.3, 0.4) is 0 Å². The lowest BCUT2D eigenvalue weighted by Gasteiger charge is -2.19. The van der Waals surface area contributed by atoms with E-state index in [0.717, 1.165) is 11.1 Å². The molecule has 1 aliphatic carbocycles. The number of hydrogen-bond acceptors (Lipinski definition) is 6. The molecule has 1 unspecified atom stereocenters. The van der Waals surface area contributed by atoms with Gasteiger partial charge >= 0.3 is 0 Å². The predicted octanol–water partition coefficient (Wildman–Crippen LogP) is 3.02. The number of carbonyl (C=O) groups is 1. The van der Waals surface area contributed by atoms with Gasteiger partial charge in [0.2, 0.25) is 5.75 Å². The molecule has 0 radical (unpaired) electrons. The van der Waals surface area contributed by atoms with Crippen LogP contribution in [0.25, 0.3) is 0 Å². The van der Waals surface area contributed by atoms with E-state index in [-0.39, 0.29) is 11.7 Å². The van der Waals surface area contributed by atoms with Gasteiger partial charge in [-0.2, -0.15) is 0 Å². The first kappa shape index (κ1) is 17.0. The summed E-state index contributed by atoms with van der Waals surface area (Å²) in [5.74, 6) is 1.94. The highest BCUT2D eigenvalue weighted by Gasteiger charge is 2.37. The van der Waals surface area contributed by atoms with Crippen LogP contribution in [0.4, 0.5) is 5.69 Å². The van der Waals surface area contributed by atoms with Crippen LogP contribution in [0.5, 0.6) is 23.0 Å². The fourth-order valence-corrected chi connectivity index (χ4v) is 3.41. The number of nitrogens with two attached hydrogens (primary N) is 1. The molecular weight excluding hydrogens is 322 g/mol. The predicted molar refractivity (Wildman–Crippen MR) is 94.3 cm³/mol. The minimum atomic E-state index is -0.162. The van der Waals surface area contributed by atoms with Crippen molar-refractivity contribution in [2.24, 2.45) is 0 Å². The molecule has 2 N–H and O–H groups in total. The number of ketones is 1. The monoisotopic (exact) mass is 343 g/mol. The van der Waals surface area contributed by atoms with Crippen molar-refractivity contribution in [1.82, 2.24) is 0 Å². The zero-order valence-electron chi connectivity index (χ0n) is 14.7. The van der Waals surface area contributed by atoms with E-state index in [1.165, 1.54) is 7.11 Å². The summed E-state index contributed by atoms with van der Waals surface area (Å²) in [4.78, 5) is 12.6. The average Bonchev–Trinajstić information content (AvgIpc) is 2.96. The van der Waals surface area contributed by atoms with Gasteiger partial charge in [-0.1, -0.05) is 6.07 Å². The van der Waals surface area contributed by atoms with Crippen molar-refractivity contribution < 1.29 is 23.7 Å². The zero-order chi connectivity index (χ0) is 18.1. The summed E-state index contributed by atoms with van der Waals surface area (Å²) in [6.07, 6.45) is 0.341. The van der Waals surface area contributed by atoms with E-state index in [1.54, 1.807) is 33.5 Å². The normalized spacial score (nSPS) is 15.7. The van der Waals surface area contributed by atoms with Crippen LogP contribution in [-0.2, 0) is 0 Å². The number of fused-ring (bicyclic) bond motifs is 1. The fraction of sp³-hybridized carbons (Fsp3) is 0.316. The first-order valence-corrected chi connectivity index (χ1v) is 7.85. The zero-order valence-corrected chi connectivity index (χ0v) is 14.7. The lowest BCUT2D eigenvalue weighted by atomic mass is 9.91. The highest BCUT2D eigenvalue weighted by molar-refractivity contribution is 6.04. The molecule has 0 amide bonds. The number of benzene rings is 2. The van der Waals surface area contributed by atoms with E-state index in [9.17, 15) is 4.79 Å². The summed E-state index contributed by atoms with van der Waals surface area (Å²) < 4.78 is 21.6. The Morgan fingerprint density at radius 3 is 2.16 bits per heavy atom. The molecule has 0 bridgehead atoms. The number of carbonyl (C=O) groups excluding carboxylic acids is 1. The van der Waals surface area contributed by atoms with E-state index in [1.807, 2.05) is 12.1 Å². The molecule has 0 aliphatic heterocycles. The number of rotatable bonds is 5. The van der Waals surface area contributed by atoms with E-state index >= 15 is 0 Å². The van der Waals surface area contributed by atoms with Crippen molar-refractivity contribution >= 4 is 11.5 Å². The Hall–Kier alpha value is -2.89. The number of nitrogen functional groups attached to an aromatic ring is 1. The van der Waals surface area contributed by atoms with Gasteiger partial charge in [0.05, 0.1) is 34.1 Å². The molecule has 0 heterocycles. The second-order valence-electron chi connectivity index (χ2n) is 5.79. The molecule has 3 rings (SSSR count). The smallest absolute Gasteiger partial charge is 0.203 e. The summed E-state index contributed by atoms with van der Waals surface area (Å²) in [5, 5.41) is 0. The second-order valence-corrected chi connectivity index (χ2v) is 5.79. The van der Waals surface area contributed by atoms with Crippen LogP contribution in [0.1, 0.15) is 33.8 Å². The van der Waals surface area contributed by atoms with Gasteiger partial charge in [-0.25, -0.2) is 0 Å². The van der Waals surface area contributed by atoms with Crippen molar-refractivity contribution in [2.75, 3.05) is 34.2 Å². The number of Topliss-reactive ketones (excluding diaryl/α,β-unsaturated/α-hetero) is 1. The van der Waals surface area contributed by atoms with Crippen LogP contribution in [0, 0.1) is 0 Å². The van der Waals surface area contributed by atoms with Gasteiger partial charge in [0.1, 0.15) is 5.75 Å². The number of anilines is 1. The van der Waals surface area contributed by atoms with Crippen LogP contribution in [-0.4, -0.2) is 34.2 Å². The molecule has 132 valence electrons. The molecule has 6 heteroatoms. The molecule has 0 spiro atoms. The molecular formula is C19H21NO5. The van der Waals surface area contributed by atoms with Crippen molar-refractivity contribution in [3.8, 4) is 23.0 Å². The fourth-order valence-electron chi connectivity index (χ4n) is 3.41. The third-order valence-electron chi connectivity index (χ3n) is 4.56. The number of methoxy groups -OCH3 is 4. The van der Waals surface area contributed by atoms with Crippen molar-refractivity contribution in [3.63, 3.8) is 0 Å². The lowest BCUT2D eigenvalue weighted by molar-refractivity contribution is 0.0991. The summed E-state index contributed by atoms with van der Waals surface area (Å²) in [5.41, 5.74) is 8.89. The van der Waals surface area contributed by atoms with Gasteiger partial charge in [-0.3, -0.25) is 4.79 Å². The first-order chi connectivity index (χ1) is 12.0. The van der Waals surface area contributed by atoms with Crippen LogP contribution >= 0.6 is 0 Å². The molecule has 1 atom stereocenters. The molecule has 2 aromatic carbocycles. The molecule has 25 heavy (non-hydrogen) atoms. The molecule has 0 fully saturated rings. The molecule has 6 nitrogen and oxygen atoms in total. The van der Waals surface area contributed by atoms with E-state index in [2.05, 4.69) is 0 Å². The van der Waals surface area contributed by atoms with Crippen molar-refractivity contribution in [3.05, 3.63) is 41.0 Å². The van der Waals surface area contributed by atoms with Crippen molar-refractivity contribution in [1.29, 1.82) is 0 Å². The lowest BCUT2D eigenvalue weighted by Crippen LogP contribution is -2.04. The highest BCUT2D eigenvalue weighted by atomic mass is 16.5. The third-order valence-corrected chi connectivity index (χ3v) is 4.56. The first-order valence-electron chi connectivity index (χ1n) is 7.85. The van der Waals surface area contributed by atoms with Gasteiger partial charge in [-0.15, -0.1) is 0 Å². The number of ether oxygens (including phenoxy) is 4. The second kappa shape index (κ2) is 6.55. The molecule has 0 saturated heterocycles. The SMILES string of the molecule is COc1ccc(C2CC(=O)c3cc(OC)c(OC)c(OC)c32)cc1N. The average molecular weight is 343 g/mol. The Balaban J connectivity index is 2.20. The maximum atomic E-state index is 12.6. The third kappa shape index (κ3) is 2.63. The Labute approximate surface area is 146 Å². The maximum absolute atomic E-state index is 12.6. The Kier molecular flexibility index (Phi) is 4.44. The van der Waals surface area contributed by atoms with Gasteiger partial charge in [-0.05, 0) is 23.8 Å². The highest BCUT2D eigenvalue weighted by Crippen LogP contribution is 2.51. The largest absolute Gasteiger partial charge is 0.495 e. The molecule has 0 saturated carbocycles. The van der Waals surface area contributed by atoms with Gasteiger partial charge in [0.15, 0.2) is 17.3 Å². The van der Waals surface area contributed by atoms with Crippen molar-refractivity contribution in [2.45, 2.75) is 12.3 Å². The molecule has 0 aromatic heterocycles. The Morgan fingerprint density at radius 1 is 0.920 bits per heavy atom. The minimum Gasteiger partial charge on any atom is -0.495 e. The van der Waals surface area contributed by atoms with E-state index in [0.29, 0.717) is 40.7 Å². The van der Waals surface area contributed by atoms with Crippen LogP contribution in [0.2, 0.25) is 0 Å². The summed E-state index contributed by atoms with van der Waals surface area (Å²) in [6, 6.07) is 7.27. The van der Waals surface area contributed by atoms with E-state index < -0.39 is 0 Å². The summed E-state index contributed by atoms with van der Waals surface area (Å²) in [7, 11) is 6.20. The van der Waals surface area contributed by atoms with Gasteiger partial charge in [0, 0.05) is 23.5 Å². The maximum Gasteiger partial charge on any atom is 0.203 e. The minimum absolute atomic E-state index is 0.0358. The Bertz CT molecular complexity index is 831. The quantitative estimate of drug-likeness (QED) is 0.841. The summed E-state index contributed by atoms with van der Waals surface area (Å²) >= 11 is 0.